The molecule has 0 aliphatic carbocycles. The SMILES string of the molecule is COc1ccc2c(Cl)c(C3=N/C(=C\c4ccccc4)C(=O)O3)sc2c1Cl. The van der Waals surface area contributed by atoms with Gasteiger partial charge in [0.25, 0.3) is 0 Å². The Hall–Kier alpha value is -2.34. The summed E-state index contributed by atoms with van der Waals surface area (Å²) < 4.78 is 11.3. The van der Waals surface area contributed by atoms with Crippen LogP contribution in [0.15, 0.2) is 53.2 Å². The fourth-order valence-electron chi connectivity index (χ4n) is 2.59. The summed E-state index contributed by atoms with van der Waals surface area (Å²) >= 11 is 14.2. The lowest BCUT2D eigenvalue weighted by molar-refractivity contribution is -0.129. The smallest absolute Gasteiger partial charge is 0.363 e. The molecule has 0 saturated carbocycles. The molecule has 1 aliphatic heterocycles. The minimum absolute atomic E-state index is 0.179. The van der Waals surface area contributed by atoms with Crippen molar-refractivity contribution < 1.29 is 14.3 Å². The zero-order chi connectivity index (χ0) is 18.3. The number of methoxy groups -OCH3 is 1. The van der Waals surface area contributed by atoms with Gasteiger partial charge in [-0.2, -0.15) is 0 Å². The number of carbonyl (C=O) groups is 1. The highest BCUT2D eigenvalue weighted by molar-refractivity contribution is 7.22. The number of thiophene rings is 1. The van der Waals surface area contributed by atoms with Crippen LogP contribution in [0.3, 0.4) is 0 Å². The van der Waals surface area contributed by atoms with Gasteiger partial charge in [0, 0.05) is 5.39 Å². The maximum absolute atomic E-state index is 12.2. The minimum Gasteiger partial charge on any atom is -0.495 e. The zero-order valence-electron chi connectivity index (χ0n) is 13.5. The van der Waals surface area contributed by atoms with Crippen molar-refractivity contribution in [1.82, 2.24) is 0 Å². The Balaban J connectivity index is 1.80. The zero-order valence-corrected chi connectivity index (χ0v) is 15.8. The highest BCUT2D eigenvalue weighted by Crippen LogP contribution is 2.44. The Morgan fingerprint density at radius 2 is 1.88 bits per heavy atom. The van der Waals surface area contributed by atoms with E-state index >= 15 is 0 Å². The van der Waals surface area contributed by atoms with E-state index in [0.29, 0.717) is 20.7 Å². The minimum atomic E-state index is -0.513. The number of benzene rings is 2. The Morgan fingerprint density at radius 1 is 1.12 bits per heavy atom. The molecule has 4 nitrogen and oxygen atoms in total. The standard InChI is InChI=1S/C19H11Cl2NO3S/c1-24-13-8-7-11-14(20)17(26-16(11)15(13)21)18-22-12(19(23)25-18)9-10-5-3-2-4-6-10/h2-9H,1H3/b12-9-. The molecule has 3 aromatic rings. The number of aliphatic imine (C=N–C) groups is 1. The van der Waals surface area contributed by atoms with Gasteiger partial charge in [0.1, 0.15) is 15.6 Å². The highest BCUT2D eigenvalue weighted by Gasteiger charge is 2.28. The lowest BCUT2D eigenvalue weighted by atomic mass is 10.2. The Kier molecular flexibility index (Phi) is 4.44. The van der Waals surface area contributed by atoms with Gasteiger partial charge in [-0.1, -0.05) is 53.5 Å². The van der Waals surface area contributed by atoms with Crippen LogP contribution in [0.5, 0.6) is 5.75 Å². The van der Waals surface area contributed by atoms with E-state index in [-0.39, 0.29) is 11.6 Å². The van der Waals surface area contributed by atoms with E-state index in [4.69, 9.17) is 32.7 Å². The normalized spacial score (nSPS) is 15.4. The van der Waals surface area contributed by atoms with Crippen LogP contribution in [0.2, 0.25) is 10.0 Å². The second kappa shape index (κ2) is 6.76. The van der Waals surface area contributed by atoms with E-state index in [1.807, 2.05) is 36.4 Å². The number of rotatable bonds is 3. The summed E-state index contributed by atoms with van der Waals surface area (Å²) in [6.07, 6.45) is 1.67. The Labute approximate surface area is 163 Å². The summed E-state index contributed by atoms with van der Waals surface area (Å²) in [5, 5.41) is 1.67. The predicted octanol–water partition coefficient (Wildman–Crippen LogP) is 5.56. The fraction of sp³-hybridized carbons (Fsp3) is 0.0526. The summed E-state index contributed by atoms with van der Waals surface area (Å²) in [5.74, 6) is 0.220. The van der Waals surface area contributed by atoms with Crippen LogP contribution >= 0.6 is 34.5 Å². The first-order valence-electron chi connectivity index (χ1n) is 7.61. The molecule has 2 heterocycles. The molecule has 26 heavy (non-hydrogen) atoms. The van der Waals surface area contributed by atoms with Crippen molar-refractivity contribution >= 4 is 62.6 Å². The van der Waals surface area contributed by atoms with Crippen molar-refractivity contribution in [2.45, 2.75) is 0 Å². The average Bonchev–Trinajstić information content (AvgIpc) is 3.17. The first kappa shape index (κ1) is 17.1. The average molecular weight is 404 g/mol. The van der Waals surface area contributed by atoms with E-state index in [9.17, 15) is 4.79 Å². The van der Waals surface area contributed by atoms with Gasteiger partial charge in [0.2, 0.25) is 5.90 Å². The molecular formula is C19H11Cl2NO3S. The molecular weight excluding hydrogens is 393 g/mol. The van der Waals surface area contributed by atoms with Gasteiger partial charge in [-0.3, -0.25) is 0 Å². The van der Waals surface area contributed by atoms with E-state index in [1.54, 1.807) is 19.3 Å². The molecule has 0 atom stereocenters. The molecule has 0 amide bonds. The summed E-state index contributed by atoms with van der Waals surface area (Å²) in [4.78, 5) is 17.0. The summed E-state index contributed by atoms with van der Waals surface area (Å²) in [6.45, 7) is 0. The Morgan fingerprint density at radius 3 is 2.62 bits per heavy atom. The molecule has 0 unspecified atom stereocenters. The number of hydrogen-bond acceptors (Lipinski definition) is 5. The summed E-state index contributed by atoms with van der Waals surface area (Å²) in [5.41, 5.74) is 1.09. The van der Waals surface area contributed by atoms with Crippen LogP contribution in [0.1, 0.15) is 10.4 Å². The lowest BCUT2D eigenvalue weighted by Gasteiger charge is -2.02. The van der Waals surface area contributed by atoms with Crippen LogP contribution in [0, 0.1) is 0 Å². The summed E-state index contributed by atoms with van der Waals surface area (Å²) in [6, 6.07) is 13.0. The third-order valence-electron chi connectivity index (χ3n) is 3.84. The van der Waals surface area contributed by atoms with Gasteiger partial charge in [0.05, 0.1) is 16.8 Å². The molecule has 1 aromatic heterocycles. The van der Waals surface area contributed by atoms with Gasteiger partial charge in [-0.15, -0.1) is 11.3 Å². The second-order valence-electron chi connectivity index (χ2n) is 5.45. The van der Waals surface area contributed by atoms with E-state index in [2.05, 4.69) is 4.99 Å². The lowest BCUT2D eigenvalue weighted by Crippen LogP contribution is -2.04. The number of nitrogens with zero attached hydrogens (tertiary/aromatic N) is 1. The monoisotopic (exact) mass is 403 g/mol. The first-order chi connectivity index (χ1) is 12.6. The largest absolute Gasteiger partial charge is 0.495 e. The number of ether oxygens (including phenoxy) is 2. The Bertz CT molecular complexity index is 1090. The third-order valence-corrected chi connectivity index (χ3v) is 6.04. The van der Waals surface area contributed by atoms with Crippen molar-refractivity contribution in [3.63, 3.8) is 0 Å². The predicted molar refractivity (Wildman–Crippen MR) is 105 cm³/mol. The second-order valence-corrected chi connectivity index (χ2v) is 7.23. The fourth-order valence-corrected chi connectivity index (χ4v) is 4.40. The molecule has 0 fully saturated rings. The van der Waals surface area contributed by atoms with Crippen LogP contribution in [-0.4, -0.2) is 19.0 Å². The maximum Gasteiger partial charge on any atom is 0.363 e. The quantitative estimate of drug-likeness (QED) is 0.424. The van der Waals surface area contributed by atoms with Crippen molar-refractivity contribution in [1.29, 1.82) is 0 Å². The van der Waals surface area contributed by atoms with Gasteiger partial charge in [-0.25, -0.2) is 9.79 Å². The number of cyclic esters (lactones) is 1. The molecule has 0 radical (unpaired) electrons. The van der Waals surface area contributed by atoms with Crippen LogP contribution in [0.25, 0.3) is 16.2 Å². The van der Waals surface area contributed by atoms with Gasteiger partial charge in [-0.05, 0) is 23.8 Å². The highest BCUT2D eigenvalue weighted by atomic mass is 35.5. The molecule has 0 saturated heterocycles. The topological polar surface area (TPSA) is 47.9 Å². The van der Waals surface area contributed by atoms with Crippen molar-refractivity contribution in [3.8, 4) is 5.75 Å². The number of hydrogen-bond donors (Lipinski definition) is 0. The first-order valence-corrected chi connectivity index (χ1v) is 9.18. The molecule has 2 aromatic carbocycles. The van der Waals surface area contributed by atoms with Crippen LogP contribution in [0.4, 0.5) is 0 Å². The molecule has 0 spiro atoms. The van der Waals surface area contributed by atoms with Gasteiger partial charge >= 0.3 is 5.97 Å². The molecule has 7 heteroatoms. The number of fused-ring (bicyclic) bond motifs is 1. The third kappa shape index (κ3) is 2.88. The van der Waals surface area contributed by atoms with E-state index < -0.39 is 5.97 Å². The number of carbonyl (C=O) groups excluding carboxylic acids is 1. The van der Waals surface area contributed by atoms with Crippen LogP contribution < -0.4 is 4.74 Å². The number of halogens is 2. The molecule has 0 N–H and O–H groups in total. The van der Waals surface area contributed by atoms with Gasteiger partial charge < -0.3 is 9.47 Å². The van der Waals surface area contributed by atoms with E-state index in [0.717, 1.165) is 15.6 Å². The number of esters is 1. The molecule has 4 rings (SSSR count). The molecule has 1 aliphatic rings. The van der Waals surface area contributed by atoms with Crippen molar-refractivity contribution in [2.24, 2.45) is 4.99 Å². The van der Waals surface area contributed by atoms with Gasteiger partial charge in [0.15, 0.2) is 5.70 Å². The maximum atomic E-state index is 12.2. The molecule has 130 valence electrons. The van der Waals surface area contributed by atoms with Crippen LogP contribution in [-0.2, 0) is 9.53 Å². The summed E-state index contributed by atoms with van der Waals surface area (Å²) in [7, 11) is 1.55. The van der Waals surface area contributed by atoms with Crippen molar-refractivity contribution in [2.75, 3.05) is 7.11 Å². The van der Waals surface area contributed by atoms with E-state index in [1.165, 1.54) is 11.3 Å². The van der Waals surface area contributed by atoms with Crippen molar-refractivity contribution in [3.05, 3.63) is 68.6 Å². The molecule has 0 bridgehead atoms.